The fourth-order valence-electron chi connectivity index (χ4n) is 3.82. The zero-order valence-corrected chi connectivity index (χ0v) is 18.3. The van der Waals surface area contributed by atoms with Crippen molar-refractivity contribution in [3.05, 3.63) is 28.3 Å². The molecule has 13 heteroatoms. The van der Waals surface area contributed by atoms with Crippen LogP contribution in [0.15, 0.2) is 17.1 Å². The van der Waals surface area contributed by atoms with Crippen LogP contribution in [0.25, 0.3) is 5.65 Å². The SMILES string of the molecule is COC(=O)c1nc2c(N3CCN(C)S3(=O)=O)cc(N3CC[NH+](C)CC3)cn2c(=O)c1O. The molecular weight excluding hydrogens is 428 g/mol. The summed E-state index contributed by atoms with van der Waals surface area (Å²) in [5.41, 5.74) is -0.692. The van der Waals surface area contributed by atoms with Gasteiger partial charge in [0, 0.05) is 26.3 Å². The fraction of sp³-hybridized carbons (Fsp3) is 0.500. The van der Waals surface area contributed by atoms with Gasteiger partial charge in [-0.3, -0.25) is 13.5 Å². The minimum Gasteiger partial charge on any atom is -0.501 e. The lowest BCUT2D eigenvalue weighted by molar-refractivity contribution is -0.880. The van der Waals surface area contributed by atoms with E-state index in [2.05, 4.69) is 21.7 Å². The number of piperazine rings is 1. The largest absolute Gasteiger partial charge is 0.501 e. The number of hydrogen-bond acceptors (Lipinski definition) is 8. The van der Waals surface area contributed by atoms with E-state index in [9.17, 15) is 23.1 Å². The normalized spacial score (nSPS) is 19.8. The van der Waals surface area contributed by atoms with Crippen molar-refractivity contribution in [1.29, 1.82) is 0 Å². The number of carbonyl (C=O) groups excluding carboxylic acids is 1. The highest BCUT2D eigenvalue weighted by molar-refractivity contribution is 7.90. The maximum absolute atomic E-state index is 12.9. The number of anilines is 2. The molecule has 0 atom stereocenters. The summed E-state index contributed by atoms with van der Waals surface area (Å²) in [6.07, 6.45) is 1.52. The molecule has 2 saturated heterocycles. The smallest absolute Gasteiger partial charge is 0.360 e. The minimum atomic E-state index is -3.82. The molecule has 2 aliphatic rings. The summed E-state index contributed by atoms with van der Waals surface area (Å²) in [6, 6.07) is 1.66. The van der Waals surface area contributed by atoms with Crippen molar-refractivity contribution >= 4 is 33.2 Å². The van der Waals surface area contributed by atoms with Crippen molar-refractivity contribution in [3.63, 3.8) is 0 Å². The van der Waals surface area contributed by atoms with Crippen molar-refractivity contribution < 1.29 is 28.0 Å². The molecular formula is C18H25N6O6S+. The van der Waals surface area contributed by atoms with E-state index in [4.69, 9.17) is 0 Å². The summed E-state index contributed by atoms with van der Waals surface area (Å²) in [6.45, 7) is 3.64. The lowest BCUT2D eigenvalue weighted by Crippen LogP contribution is -3.12. The van der Waals surface area contributed by atoms with Crippen LogP contribution >= 0.6 is 0 Å². The van der Waals surface area contributed by atoms with Gasteiger partial charge in [0.25, 0.3) is 0 Å². The van der Waals surface area contributed by atoms with E-state index in [-0.39, 0.29) is 24.4 Å². The Labute approximate surface area is 179 Å². The lowest BCUT2D eigenvalue weighted by Gasteiger charge is -2.32. The third kappa shape index (κ3) is 3.47. The molecule has 2 aliphatic heterocycles. The maximum atomic E-state index is 12.9. The summed E-state index contributed by atoms with van der Waals surface area (Å²) in [5, 5.41) is 10.3. The number of carbonyl (C=O) groups is 1. The van der Waals surface area contributed by atoms with Gasteiger partial charge in [0.1, 0.15) is 0 Å². The fourth-order valence-corrected chi connectivity index (χ4v) is 5.16. The van der Waals surface area contributed by atoms with Crippen LogP contribution < -0.4 is 19.7 Å². The molecule has 0 amide bonds. The number of aromatic hydroxyl groups is 1. The Balaban J connectivity index is 1.98. The van der Waals surface area contributed by atoms with Gasteiger partial charge in [-0.05, 0) is 6.07 Å². The number of fused-ring (bicyclic) bond motifs is 1. The summed E-state index contributed by atoms with van der Waals surface area (Å²) < 4.78 is 33.8. The summed E-state index contributed by atoms with van der Waals surface area (Å²) in [4.78, 5) is 32.5. The molecule has 2 aromatic rings. The summed E-state index contributed by atoms with van der Waals surface area (Å²) >= 11 is 0. The Hall–Kier alpha value is -2.90. The number of rotatable bonds is 3. The van der Waals surface area contributed by atoms with Crippen LogP contribution in [0.4, 0.5) is 11.4 Å². The Morgan fingerprint density at radius 3 is 2.48 bits per heavy atom. The maximum Gasteiger partial charge on any atom is 0.360 e. The molecule has 2 N–H and O–H groups in total. The van der Waals surface area contributed by atoms with Gasteiger partial charge in [0.2, 0.25) is 5.75 Å². The Kier molecular flexibility index (Phi) is 5.27. The molecule has 0 unspecified atom stereocenters. The van der Waals surface area contributed by atoms with Crippen molar-refractivity contribution in [2.24, 2.45) is 0 Å². The molecule has 0 saturated carbocycles. The van der Waals surface area contributed by atoms with Gasteiger partial charge in [0.05, 0.1) is 51.7 Å². The molecule has 2 fully saturated rings. The first-order chi connectivity index (χ1) is 14.6. The van der Waals surface area contributed by atoms with Gasteiger partial charge in [0.15, 0.2) is 11.3 Å². The number of esters is 1. The van der Waals surface area contributed by atoms with Gasteiger partial charge in [-0.2, -0.15) is 12.7 Å². The third-order valence-electron chi connectivity index (χ3n) is 5.79. The molecule has 4 heterocycles. The van der Waals surface area contributed by atoms with E-state index in [1.807, 2.05) is 0 Å². The van der Waals surface area contributed by atoms with Crippen LogP contribution in [0.2, 0.25) is 0 Å². The van der Waals surface area contributed by atoms with Crippen LogP contribution in [0.1, 0.15) is 10.5 Å². The quantitative estimate of drug-likeness (QED) is 0.489. The van der Waals surface area contributed by atoms with Crippen molar-refractivity contribution in [2.75, 3.05) is 69.7 Å². The van der Waals surface area contributed by atoms with Crippen molar-refractivity contribution in [2.45, 2.75) is 0 Å². The topological polar surface area (TPSA) is 129 Å². The predicted molar refractivity (Wildman–Crippen MR) is 112 cm³/mol. The van der Waals surface area contributed by atoms with Crippen LogP contribution in [0, 0.1) is 0 Å². The number of aromatic nitrogens is 2. The van der Waals surface area contributed by atoms with Gasteiger partial charge in [-0.25, -0.2) is 9.78 Å². The molecule has 0 aliphatic carbocycles. The van der Waals surface area contributed by atoms with Gasteiger partial charge in [-0.1, -0.05) is 0 Å². The zero-order chi connectivity index (χ0) is 22.5. The number of pyridine rings is 1. The number of nitrogens with one attached hydrogen (secondary N) is 1. The lowest BCUT2D eigenvalue weighted by atomic mass is 10.2. The molecule has 0 spiro atoms. The van der Waals surface area contributed by atoms with E-state index in [0.717, 1.165) is 42.0 Å². The van der Waals surface area contributed by atoms with E-state index in [1.165, 1.54) is 22.4 Å². The van der Waals surface area contributed by atoms with Crippen LogP contribution in [-0.2, 0) is 14.9 Å². The molecule has 0 bridgehead atoms. The number of hydrogen-bond donors (Lipinski definition) is 2. The summed E-state index contributed by atoms with van der Waals surface area (Å²) in [5.74, 6) is -1.84. The van der Waals surface area contributed by atoms with E-state index in [0.29, 0.717) is 5.69 Å². The van der Waals surface area contributed by atoms with E-state index >= 15 is 0 Å². The van der Waals surface area contributed by atoms with Crippen LogP contribution in [0.5, 0.6) is 5.75 Å². The standard InChI is InChI=1S/C18H24N6O6S/c1-20-4-7-22(8-5-20)12-10-13(24-9-6-21(2)31(24,28)29)16-19-14(18(27)30-3)15(25)17(26)23(16)11-12/h10-11,25H,4-9H2,1-3H3/p+1. The second-order valence-electron chi connectivity index (χ2n) is 7.73. The Bertz CT molecular complexity index is 1200. The minimum absolute atomic E-state index is 0.0504. The molecule has 0 aromatic carbocycles. The Morgan fingerprint density at radius 2 is 1.90 bits per heavy atom. The van der Waals surface area contributed by atoms with Crippen LogP contribution in [0.3, 0.4) is 0 Å². The van der Waals surface area contributed by atoms with Crippen molar-refractivity contribution in [1.82, 2.24) is 13.7 Å². The van der Waals surface area contributed by atoms with Crippen LogP contribution in [-0.4, -0.2) is 93.7 Å². The number of nitrogens with zero attached hydrogens (tertiary/aromatic N) is 5. The van der Waals surface area contributed by atoms with Gasteiger partial charge in [-0.15, -0.1) is 0 Å². The molecule has 31 heavy (non-hydrogen) atoms. The average molecular weight is 454 g/mol. The predicted octanol–water partition coefficient (Wildman–Crippen LogP) is -2.48. The van der Waals surface area contributed by atoms with Gasteiger partial charge < -0.3 is 19.6 Å². The molecule has 2 aromatic heterocycles. The van der Waals surface area contributed by atoms with Crippen molar-refractivity contribution in [3.8, 4) is 5.75 Å². The third-order valence-corrected chi connectivity index (χ3v) is 7.69. The monoisotopic (exact) mass is 453 g/mol. The number of ether oxygens (including phenoxy) is 1. The molecule has 4 rings (SSSR count). The second-order valence-corrected chi connectivity index (χ2v) is 9.69. The first-order valence-electron chi connectivity index (χ1n) is 9.83. The van der Waals surface area contributed by atoms with E-state index < -0.39 is 33.2 Å². The first-order valence-corrected chi connectivity index (χ1v) is 11.2. The number of quaternary nitrogens is 1. The Morgan fingerprint density at radius 1 is 1.23 bits per heavy atom. The van der Waals surface area contributed by atoms with E-state index in [1.54, 1.807) is 6.07 Å². The highest BCUT2D eigenvalue weighted by Crippen LogP contribution is 2.32. The highest BCUT2D eigenvalue weighted by Gasteiger charge is 2.36. The molecule has 0 radical (unpaired) electrons. The highest BCUT2D eigenvalue weighted by atomic mass is 32.2. The molecule has 168 valence electrons. The average Bonchev–Trinajstić information content (AvgIpc) is 3.02. The second kappa shape index (κ2) is 7.66. The van der Waals surface area contributed by atoms with Gasteiger partial charge >= 0.3 is 21.7 Å². The number of likely N-dealkylation sites (N-methyl/N-ethyl adjacent to an activating group) is 2. The number of methoxy groups -OCH3 is 1. The summed E-state index contributed by atoms with van der Waals surface area (Å²) in [7, 11) is 0.846. The first kappa shape index (κ1) is 21.3. The zero-order valence-electron chi connectivity index (χ0n) is 17.5. The molecule has 12 nitrogen and oxygen atoms in total.